The molecular formula is C22H21N3O2. The van der Waals surface area contributed by atoms with Crippen LogP contribution in [0.1, 0.15) is 34.5 Å². The first-order valence-corrected chi connectivity index (χ1v) is 9.19. The number of carbonyl (C=O) groups is 2. The number of rotatable bonds is 5. The molecule has 4 rings (SSSR count). The van der Waals surface area contributed by atoms with E-state index in [1.54, 1.807) is 6.07 Å². The highest BCUT2D eigenvalue weighted by atomic mass is 16.2. The van der Waals surface area contributed by atoms with Crippen LogP contribution < -0.4 is 5.32 Å². The second-order valence-corrected chi connectivity index (χ2v) is 6.77. The zero-order valence-electron chi connectivity index (χ0n) is 15.0. The van der Waals surface area contributed by atoms with Gasteiger partial charge in [-0.05, 0) is 29.7 Å². The van der Waals surface area contributed by atoms with Crippen molar-refractivity contribution in [2.45, 2.75) is 25.9 Å². The van der Waals surface area contributed by atoms with Gasteiger partial charge in [-0.1, -0.05) is 48.5 Å². The Balaban J connectivity index is 1.25. The van der Waals surface area contributed by atoms with Crippen molar-refractivity contribution in [3.8, 4) is 0 Å². The van der Waals surface area contributed by atoms with Gasteiger partial charge in [-0.15, -0.1) is 0 Å². The van der Waals surface area contributed by atoms with Gasteiger partial charge in [0.15, 0.2) is 0 Å². The standard InChI is InChI=1S/C22H21N3O2/c26-21(25-14-17-7-1-2-8-18(17)15-25)10-5-13-23-22(27)20-12-11-16-6-3-4-9-19(16)24-20/h1-4,6-9,11-12H,5,10,13-15H2,(H,23,27). The Morgan fingerprint density at radius 2 is 1.63 bits per heavy atom. The van der Waals surface area contributed by atoms with E-state index in [1.807, 2.05) is 47.4 Å². The largest absolute Gasteiger partial charge is 0.351 e. The van der Waals surface area contributed by atoms with Crippen LogP contribution in [-0.2, 0) is 17.9 Å². The fraction of sp³-hybridized carbons (Fsp3) is 0.227. The molecule has 3 aromatic rings. The third kappa shape index (κ3) is 3.82. The molecule has 2 aromatic carbocycles. The van der Waals surface area contributed by atoms with Gasteiger partial charge in [0.05, 0.1) is 5.52 Å². The molecule has 1 aliphatic rings. The van der Waals surface area contributed by atoms with E-state index < -0.39 is 0 Å². The van der Waals surface area contributed by atoms with Crippen LogP contribution in [0.5, 0.6) is 0 Å². The maximum absolute atomic E-state index is 12.4. The van der Waals surface area contributed by atoms with Gasteiger partial charge in [0.2, 0.25) is 5.91 Å². The van der Waals surface area contributed by atoms with E-state index >= 15 is 0 Å². The number of benzene rings is 2. The Bertz CT molecular complexity index is 975. The predicted molar refractivity (Wildman–Crippen MR) is 104 cm³/mol. The van der Waals surface area contributed by atoms with E-state index in [9.17, 15) is 9.59 Å². The quantitative estimate of drug-likeness (QED) is 0.711. The summed E-state index contributed by atoms with van der Waals surface area (Å²) < 4.78 is 0. The molecule has 5 heteroatoms. The maximum Gasteiger partial charge on any atom is 0.269 e. The lowest BCUT2D eigenvalue weighted by Gasteiger charge is -2.15. The third-order valence-electron chi connectivity index (χ3n) is 4.88. The first kappa shape index (κ1) is 17.2. The van der Waals surface area contributed by atoms with Crippen molar-refractivity contribution in [2.24, 2.45) is 0 Å². The van der Waals surface area contributed by atoms with Crippen LogP contribution in [0.25, 0.3) is 10.9 Å². The van der Waals surface area contributed by atoms with E-state index in [0.29, 0.717) is 38.2 Å². The summed E-state index contributed by atoms with van der Waals surface area (Å²) in [5.41, 5.74) is 3.65. The molecule has 0 unspecified atom stereocenters. The van der Waals surface area contributed by atoms with Crippen molar-refractivity contribution in [1.82, 2.24) is 15.2 Å². The molecule has 0 fully saturated rings. The number of aromatic nitrogens is 1. The van der Waals surface area contributed by atoms with Gasteiger partial charge in [-0.3, -0.25) is 9.59 Å². The van der Waals surface area contributed by atoms with Gasteiger partial charge in [-0.25, -0.2) is 4.98 Å². The first-order valence-electron chi connectivity index (χ1n) is 9.19. The van der Waals surface area contributed by atoms with Gasteiger partial charge >= 0.3 is 0 Å². The van der Waals surface area contributed by atoms with Crippen LogP contribution in [0.15, 0.2) is 60.7 Å². The van der Waals surface area contributed by atoms with Gasteiger partial charge in [0.1, 0.15) is 5.69 Å². The zero-order chi connectivity index (χ0) is 18.6. The number of hydrogen-bond donors (Lipinski definition) is 1. The van der Waals surface area contributed by atoms with E-state index in [1.165, 1.54) is 11.1 Å². The second-order valence-electron chi connectivity index (χ2n) is 6.77. The van der Waals surface area contributed by atoms with Gasteiger partial charge in [-0.2, -0.15) is 0 Å². The molecule has 2 heterocycles. The van der Waals surface area contributed by atoms with Crippen LogP contribution in [-0.4, -0.2) is 28.2 Å². The normalized spacial score (nSPS) is 12.8. The van der Waals surface area contributed by atoms with Crippen LogP contribution in [0.3, 0.4) is 0 Å². The molecule has 0 saturated heterocycles. The molecule has 1 aliphatic heterocycles. The summed E-state index contributed by atoms with van der Waals surface area (Å²) in [7, 11) is 0. The predicted octanol–water partition coefficient (Wildman–Crippen LogP) is 3.29. The number of nitrogens with one attached hydrogen (secondary N) is 1. The minimum absolute atomic E-state index is 0.129. The van der Waals surface area contributed by atoms with Crippen LogP contribution in [0.4, 0.5) is 0 Å². The average molecular weight is 359 g/mol. The van der Waals surface area contributed by atoms with Crippen molar-refractivity contribution in [3.05, 3.63) is 77.5 Å². The summed E-state index contributed by atoms with van der Waals surface area (Å²) in [4.78, 5) is 30.9. The summed E-state index contributed by atoms with van der Waals surface area (Å²) in [6.45, 7) is 1.82. The van der Waals surface area contributed by atoms with Crippen molar-refractivity contribution in [2.75, 3.05) is 6.54 Å². The fourth-order valence-electron chi connectivity index (χ4n) is 3.39. The van der Waals surface area contributed by atoms with E-state index in [0.717, 1.165) is 10.9 Å². The second kappa shape index (κ2) is 7.58. The summed E-state index contributed by atoms with van der Waals surface area (Å²) in [5.74, 6) is -0.0777. The maximum atomic E-state index is 12.4. The number of amides is 2. The molecular weight excluding hydrogens is 338 g/mol. The number of pyridine rings is 1. The summed E-state index contributed by atoms with van der Waals surface area (Å²) in [6.07, 6.45) is 1.05. The van der Waals surface area contributed by atoms with E-state index in [-0.39, 0.29) is 11.8 Å². The van der Waals surface area contributed by atoms with Crippen molar-refractivity contribution in [1.29, 1.82) is 0 Å². The summed E-state index contributed by atoms with van der Waals surface area (Å²) >= 11 is 0. The lowest BCUT2D eigenvalue weighted by molar-refractivity contribution is -0.131. The molecule has 0 spiro atoms. The number of para-hydroxylation sites is 1. The SMILES string of the molecule is O=C(NCCCC(=O)N1Cc2ccccc2C1)c1ccc2ccccc2n1. The van der Waals surface area contributed by atoms with E-state index in [4.69, 9.17) is 0 Å². The Kier molecular flexibility index (Phi) is 4.83. The van der Waals surface area contributed by atoms with E-state index in [2.05, 4.69) is 22.4 Å². The highest BCUT2D eigenvalue weighted by Crippen LogP contribution is 2.22. The van der Waals surface area contributed by atoms with Crippen LogP contribution >= 0.6 is 0 Å². The molecule has 0 atom stereocenters. The molecule has 0 bridgehead atoms. The minimum atomic E-state index is -0.207. The molecule has 0 radical (unpaired) electrons. The number of carbonyl (C=O) groups excluding carboxylic acids is 2. The fourth-order valence-corrected chi connectivity index (χ4v) is 3.39. The Morgan fingerprint density at radius 1 is 0.926 bits per heavy atom. The monoisotopic (exact) mass is 359 g/mol. The van der Waals surface area contributed by atoms with Crippen LogP contribution in [0, 0.1) is 0 Å². The Labute approximate surface area is 158 Å². The van der Waals surface area contributed by atoms with Gasteiger partial charge in [0.25, 0.3) is 5.91 Å². The van der Waals surface area contributed by atoms with Gasteiger partial charge in [0, 0.05) is 31.4 Å². The topological polar surface area (TPSA) is 62.3 Å². The number of nitrogens with zero attached hydrogens (tertiary/aromatic N) is 2. The zero-order valence-corrected chi connectivity index (χ0v) is 15.0. The van der Waals surface area contributed by atoms with Crippen LogP contribution in [0.2, 0.25) is 0 Å². The van der Waals surface area contributed by atoms with Gasteiger partial charge < -0.3 is 10.2 Å². The summed E-state index contributed by atoms with van der Waals surface area (Å²) in [6, 6.07) is 19.5. The Morgan fingerprint density at radius 3 is 2.41 bits per heavy atom. The molecule has 1 N–H and O–H groups in total. The molecule has 0 aliphatic carbocycles. The minimum Gasteiger partial charge on any atom is -0.351 e. The van der Waals surface area contributed by atoms with Crippen molar-refractivity contribution in [3.63, 3.8) is 0 Å². The molecule has 2 amide bonds. The Hall–Kier alpha value is -3.21. The van der Waals surface area contributed by atoms with Crippen molar-refractivity contribution >= 4 is 22.7 Å². The smallest absolute Gasteiger partial charge is 0.269 e. The lowest BCUT2D eigenvalue weighted by atomic mass is 10.1. The summed E-state index contributed by atoms with van der Waals surface area (Å²) in [5, 5.41) is 3.86. The lowest BCUT2D eigenvalue weighted by Crippen LogP contribution is -2.28. The highest BCUT2D eigenvalue weighted by Gasteiger charge is 2.22. The molecule has 5 nitrogen and oxygen atoms in total. The molecule has 27 heavy (non-hydrogen) atoms. The molecule has 136 valence electrons. The molecule has 0 saturated carbocycles. The third-order valence-corrected chi connectivity index (χ3v) is 4.88. The number of hydrogen-bond acceptors (Lipinski definition) is 3. The average Bonchev–Trinajstić information content (AvgIpc) is 3.15. The highest BCUT2D eigenvalue weighted by molar-refractivity contribution is 5.94. The first-order chi connectivity index (χ1) is 13.2. The van der Waals surface area contributed by atoms with Crippen molar-refractivity contribution < 1.29 is 9.59 Å². The number of fused-ring (bicyclic) bond motifs is 2. The molecule has 1 aromatic heterocycles.